The first-order chi connectivity index (χ1) is 10.0. The number of phenols is 1. The van der Waals surface area contributed by atoms with Gasteiger partial charge in [0.05, 0.1) is 5.69 Å². The Morgan fingerprint density at radius 1 is 1.14 bits per heavy atom. The van der Waals surface area contributed by atoms with E-state index in [2.05, 4.69) is 17.4 Å². The van der Waals surface area contributed by atoms with E-state index in [9.17, 15) is 5.11 Å². The van der Waals surface area contributed by atoms with Crippen LogP contribution < -0.4 is 11.1 Å². The van der Waals surface area contributed by atoms with Gasteiger partial charge in [0, 0.05) is 0 Å². The van der Waals surface area contributed by atoms with Gasteiger partial charge < -0.3 is 16.2 Å². The van der Waals surface area contributed by atoms with Crippen molar-refractivity contribution in [3.8, 4) is 5.75 Å². The Morgan fingerprint density at radius 3 is 2.24 bits per heavy atom. The zero-order valence-corrected chi connectivity index (χ0v) is 13.0. The first-order valence-corrected chi connectivity index (χ1v) is 8.35. The number of phenolic OH excluding ortho intramolecular Hbond substituents is 1. The quantitative estimate of drug-likeness (QED) is 0.578. The first kappa shape index (κ1) is 13.4. The summed E-state index contributed by atoms with van der Waals surface area (Å²) in [5.41, 5.74) is 7.90. The van der Waals surface area contributed by atoms with Crippen molar-refractivity contribution in [1.82, 2.24) is 0 Å². The molecular formula is C17H22N2OS. The minimum absolute atomic E-state index is 0.202. The molecule has 0 spiro atoms. The van der Waals surface area contributed by atoms with Gasteiger partial charge in [-0.1, -0.05) is 6.07 Å². The van der Waals surface area contributed by atoms with Crippen molar-refractivity contribution in [2.75, 3.05) is 5.32 Å². The molecule has 0 radical (unpaired) electrons. The van der Waals surface area contributed by atoms with Gasteiger partial charge in [0.2, 0.25) is 0 Å². The molecule has 0 aliphatic heterocycles. The number of benzene rings is 1. The molecule has 4 bridgehead atoms. The fourth-order valence-electron chi connectivity index (χ4n) is 5.56. The van der Waals surface area contributed by atoms with Crippen LogP contribution >= 0.6 is 12.2 Å². The van der Waals surface area contributed by atoms with Gasteiger partial charge in [-0.2, -0.15) is 0 Å². The van der Waals surface area contributed by atoms with Crippen LogP contribution in [-0.4, -0.2) is 10.2 Å². The predicted octanol–water partition coefficient (Wildman–Crippen LogP) is 3.52. The smallest absolute Gasteiger partial charge is 0.168 e. The number of thiocarbonyl (C=S) groups is 1. The number of rotatable bonds is 2. The Labute approximate surface area is 130 Å². The zero-order valence-electron chi connectivity index (χ0n) is 12.1. The van der Waals surface area contributed by atoms with Gasteiger partial charge in [0.15, 0.2) is 5.11 Å². The van der Waals surface area contributed by atoms with E-state index in [1.54, 1.807) is 6.07 Å². The lowest BCUT2D eigenvalue weighted by molar-refractivity contribution is -0.00517. The van der Waals surface area contributed by atoms with Crippen molar-refractivity contribution in [3.05, 3.63) is 23.8 Å². The maximum atomic E-state index is 9.99. The van der Waals surface area contributed by atoms with Crippen LogP contribution in [0.2, 0.25) is 0 Å². The van der Waals surface area contributed by atoms with Crippen LogP contribution in [-0.2, 0) is 5.41 Å². The van der Waals surface area contributed by atoms with Crippen molar-refractivity contribution in [3.63, 3.8) is 0 Å². The second-order valence-electron chi connectivity index (χ2n) is 7.42. The highest BCUT2D eigenvalue weighted by atomic mass is 32.1. The molecule has 4 N–H and O–H groups in total. The SMILES string of the molecule is NC(=S)Nc1cc(C23CC4CC(CC(C4)C2)C3)ccc1O. The predicted molar refractivity (Wildman–Crippen MR) is 88.4 cm³/mol. The second kappa shape index (κ2) is 4.60. The molecule has 0 saturated heterocycles. The Balaban J connectivity index is 1.71. The van der Waals surface area contributed by atoms with E-state index in [0.717, 1.165) is 17.8 Å². The summed E-state index contributed by atoms with van der Waals surface area (Å²) in [5, 5.41) is 13.1. The van der Waals surface area contributed by atoms with E-state index in [1.165, 1.54) is 44.1 Å². The van der Waals surface area contributed by atoms with Crippen LogP contribution in [0.25, 0.3) is 0 Å². The largest absolute Gasteiger partial charge is 0.506 e. The molecule has 1 aromatic carbocycles. The minimum Gasteiger partial charge on any atom is -0.506 e. The van der Waals surface area contributed by atoms with Crippen molar-refractivity contribution >= 4 is 23.0 Å². The lowest BCUT2D eigenvalue weighted by atomic mass is 9.48. The maximum absolute atomic E-state index is 9.99. The van der Waals surface area contributed by atoms with Gasteiger partial charge in [-0.15, -0.1) is 0 Å². The molecular weight excluding hydrogens is 280 g/mol. The van der Waals surface area contributed by atoms with E-state index in [1.807, 2.05) is 0 Å². The molecule has 4 aliphatic rings. The summed E-state index contributed by atoms with van der Waals surface area (Å²) in [6, 6.07) is 5.96. The molecule has 0 unspecified atom stereocenters. The summed E-state index contributed by atoms with van der Waals surface area (Å²) >= 11 is 4.90. The number of nitrogens with two attached hydrogens (primary N) is 1. The third-order valence-electron chi connectivity index (χ3n) is 5.91. The van der Waals surface area contributed by atoms with Gasteiger partial charge in [-0.3, -0.25) is 0 Å². The summed E-state index contributed by atoms with van der Waals surface area (Å²) in [6.45, 7) is 0. The number of nitrogens with one attached hydrogen (secondary N) is 1. The number of hydrogen-bond donors (Lipinski definition) is 3. The molecule has 4 fully saturated rings. The fraction of sp³-hybridized carbons (Fsp3) is 0.588. The fourth-order valence-corrected chi connectivity index (χ4v) is 5.67. The Morgan fingerprint density at radius 2 is 1.71 bits per heavy atom. The third-order valence-corrected chi connectivity index (χ3v) is 6.01. The average molecular weight is 302 g/mol. The maximum Gasteiger partial charge on any atom is 0.168 e. The number of anilines is 1. The Hall–Kier alpha value is -1.29. The topological polar surface area (TPSA) is 58.3 Å². The van der Waals surface area contributed by atoms with E-state index < -0.39 is 0 Å². The van der Waals surface area contributed by atoms with Gasteiger partial charge in [0.1, 0.15) is 5.75 Å². The molecule has 112 valence electrons. The second-order valence-corrected chi connectivity index (χ2v) is 7.86. The normalized spacial score (nSPS) is 36.7. The van der Waals surface area contributed by atoms with E-state index in [4.69, 9.17) is 18.0 Å². The highest BCUT2D eigenvalue weighted by molar-refractivity contribution is 7.80. The third kappa shape index (κ3) is 2.20. The van der Waals surface area contributed by atoms with Crippen molar-refractivity contribution < 1.29 is 5.11 Å². The molecule has 0 heterocycles. The Kier molecular flexibility index (Phi) is 2.93. The zero-order chi connectivity index (χ0) is 14.6. The molecule has 21 heavy (non-hydrogen) atoms. The van der Waals surface area contributed by atoms with Crippen LogP contribution in [0.1, 0.15) is 44.1 Å². The summed E-state index contributed by atoms with van der Waals surface area (Å²) in [5.74, 6) is 2.96. The van der Waals surface area contributed by atoms with Crippen LogP contribution in [0.4, 0.5) is 5.69 Å². The van der Waals surface area contributed by atoms with Gasteiger partial charge in [-0.25, -0.2) is 0 Å². The first-order valence-electron chi connectivity index (χ1n) is 7.94. The standard InChI is InChI=1S/C17H22N2OS/c18-16(21)19-14-6-13(1-2-15(14)20)17-7-10-3-11(8-17)5-12(4-10)9-17/h1-2,6,10-12,20H,3-5,7-9H2,(H3,18,19,21). The number of aromatic hydroxyl groups is 1. The summed E-state index contributed by atoms with van der Waals surface area (Å²) in [4.78, 5) is 0. The van der Waals surface area contributed by atoms with Crippen molar-refractivity contribution in [2.45, 2.75) is 43.9 Å². The van der Waals surface area contributed by atoms with E-state index >= 15 is 0 Å². The highest BCUT2D eigenvalue weighted by Crippen LogP contribution is 2.61. The average Bonchev–Trinajstić information content (AvgIpc) is 2.39. The number of hydrogen-bond acceptors (Lipinski definition) is 2. The van der Waals surface area contributed by atoms with Crippen molar-refractivity contribution in [2.24, 2.45) is 23.5 Å². The Bertz CT molecular complexity index is 563. The molecule has 0 amide bonds. The lowest BCUT2D eigenvalue weighted by Crippen LogP contribution is -2.48. The minimum atomic E-state index is 0.202. The molecule has 1 aromatic rings. The van der Waals surface area contributed by atoms with Crippen LogP contribution in [0.3, 0.4) is 0 Å². The monoisotopic (exact) mass is 302 g/mol. The highest BCUT2D eigenvalue weighted by Gasteiger charge is 2.51. The van der Waals surface area contributed by atoms with Gasteiger partial charge in [0.25, 0.3) is 0 Å². The summed E-state index contributed by atoms with van der Waals surface area (Å²) in [7, 11) is 0. The molecule has 0 atom stereocenters. The molecule has 4 saturated carbocycles. The molecule has 4 heteroatoms. The van der Waals surface area contributed by atoms with Gasteiger partial charge in [-0.05, 0) is 91.6 Å². The summed E-state index contributed by atoms with van der Waals surface area (Å²) in [6.07, 6.45) is 8.27. The van der Waals surface area contributed by atoms with E-state index in [-0.39, 0.29) is 10.9 Å². The van der Waals surface area contributed by atoms with Crippen LogP contribution in [0.15, 0.2) is 18.2 Å². The van der Waals surface area contributed by atoms with Crippen LogP contribution in [0.5, 0.6) is 5.75 Å². The molecule has 0 aromatic heterocycles. The summed E-state index contributed by atoms with van der Waals surface area (Å²) < 4.78 is 0. The molecule has 3 nitrogen and oxygen atoms in total. The lowest BCUT2D eigenvalue weighted by Gasteiger charge is -2.57. The van der Waals surface area contributed by atoms with Crippen LogP contribution in [0, 0.1) is 17.8 Å². The van der Waals surface area contributed by atoms with Crippen molar-refractivity contribution in [1.29, 1.82) is 0 Å². The van der Waals surface area contributed by atoms with Gasteiger partial charge >= 0.3 is 0 Å². The van der Waals surface area contributed by atoms with E-state index in [0.29, 0.717) is 11.1 Å². The molecule has 4 aliphatic carbocycles. The molecule has 5 rings (SSSR count).